The molecule has 0 fully saturated rings. The van der Waals surface area contributed by atoms with Gasteiger partial charge in [-0.05, 0) is 70.8 Å². The molecule has 0 saturated heterocycles. The van der Waals surface area contributed by atoms with Crippen LogP contribution in [0.25, 0.3) is 32.9 Å². The van der Waals surface area contributed by atoms with Crippen LogP contribution in [-0.4, -0.2) is 12.0 Å². The molecule has 3 heteroatoms. The van der Waals surface area contributed by atoms with Crippen LogP contribution >= 0.6 is 0 Å². The molecule has 0 unspecified atom stereocenters. The van der Waals surface area contributed by atoms with Gasteiger partial charge >= 0.3 is 0 Å². The summed E-state index contributed by atoms with van der Waals surface area (Å²) in [6.45, 7) is 9.08. The summed E-state index contributed by atoms with van der Waals surface area (Å²) in [6, 6.07) is 13.4. The van der Waals surface area contributed by atoms with E-state index in [1.165, 1.54) is 55.5 Å². The zero-order chi connectivity index (χ0) is 20.4. The second-order valence-electron chi connectivity index (χ2n) is 8.89. The number of aryl methyl sites for hydroxylation is 3. The van der Waals surface area contributed by atoms with Gasteiger partial charge in [0.15, 0.2) is 5.52 Å². The van der Waals surface area contributed by atoms with Crippen LogP contribution in [-0.2, 0) is 13.5 Å². The molecule has 146 valence electrons. The second kappa shape index (κ2) is 6.28. The van der Waals surface area contributed by atoms with Crippen molar-refractivity contribution in [3.8, 4) is 11.3 Å². The molecule has 1 aromatic heterocycles. The lowest BCUT2D eigenvalue weighted by Crippen LogP contribution is -2.34. The van der Waals surface area contributed by atoms with Crippen molar-refractivity contribution in [1.82, 2.24) is 4.98 Å². The standard InChI is InChI=1S/C26H28N3/c1-15(2)11-18-12-21-24-22(13-18)29(6)25-17(4)20-10-8-7-9-19(20)16(3)23(25)26(24)28(5)14-27-21/h7-10,12-15H,11H2,1-6H3/q+1. The Kier molecular flexibility index (Phi) is 3.92. The van der Waals surface area contributed by atoms with Crippen molar-refractivity contribution in [3.05, 3.63) is 59.4 Å². The lowest BCUT2D eigenvalue weighted by Gasteiger charge is -2.32. The van der Waals surface area contributed by atoms with Crippen molar-refractivity contribution >= 4 is 33.1 Å². The van der Waals surface area contributed by atoms with Gasteiger partial charge in [0, 0.05) is 12.6 Å². The number of aromatic nitrogens is 2. The molecule has 5 rings (SSSR count). The smallest absolute Gasteiger partial charge is 0.287 e. The van der Waals surface area contributed by atoms with Crippen LogP contribution < -0.4 is 9.47 Å². The molecule has 2 heterocycles. The summed E-state index contributed by atoms with van der Waals surface area (Å²) in [6.07, 6.45) is 3.04. The third-order valence-corrected chi connectivity index (χ3v) is 6.40. The summed E-state index contributed by atoms with van der Waals surface area (Å²) in [5.74, 6) is 0.619. The molecule has 0 radical (unpaired) electrons. The van der Waals surface area contributed by atoms with E-state index in [0.717, 1.165) is 11.9 Å². The highest BCUT2D eigenvalue weighted by atomic mass is 15.1. The molecule has 29 heavy (non-hydrogen) atoms. The number of benzene rings is 3. The molecule has 4 aromatic rings. The van der Waals surface area contributed by atoms with E-state index >= 15 is 0 Å². The molecule has 0 amide bonds. The highest BCUT2D eigenvalue weighted by Gasteiger charge is 2.32. The number of anilines is 2. The fourth-order valence-electron chi connectivity index (χ4n) is 5.14. The fraction of sp³-hybridized carbons (Fsp3) is 0.308. The van der Waals surface area contributed by atoms with Crippen molar-refractivity contribution < 1.29 is 4.57 Å². The zero-order valence-electron chi connectivity index (χ0n) is 18.2. The summed E-state index contributed by atoms with van der Waals surface area (Å²) in [5.41, 5.74) is 10.3. The predicted molar refractivity (Wildman–Crippen MR) is 122 cm³/mol. The molecule has 0 saturated carbocycles. The van der Waals surface area contributed by atoms with Crippen molar-refractivity contribution in [2.75, 3.05) is 11.9 Å². The molecule has 0 atom stereocenters. The van der Waals surface area contributed by atoms with Gasteiger partial charge in [0.25, 0.3) is 6.33 Å². The Labute approximate surface area is 172 Å². The number of nitrogens with zero attached hydrogens (tertiary/aromatic N) is 3. The Morgan fingerprint density at radius 1 is 1.03 bits per heavy atom. The maximum absolute atomic E-state index is 4.81. The van der Waals surface area contributed by atoms with Gasteiger partial charge in [0.1, 0.15) is 5.69 Å². The second-order valence-corrected chi connectivity index (χ2v) is 8.89. The minimum atomic E-state index is 0.619. The van der Waals surface area contributed by atoms with Crippen LogP contribution in [0.3, 0.4) is 0 Å². The Hall–Kier alpha value is -2.94. The molecular formula is C26H28N3+. The SMILES string of the molecule is Cc1c2c(c(C)c3ccccc13)N(C)c1cc(CC(C)C)cc3nc[n+](C)c-2c13. The molecule has 1 aliphatic heterocycles. The van der Waals surface area contributed by atoms with Crippen LogP contribution in [0.5, 0.6) is 0 Å². The lowest BCUT2D eigenvalue weighted by atomic mass is 9.86. The first-order valence-electron chi connectivity index (χ1n) is 10.5. The number of hydrogen-bond donors (Lipinski definition) is 0. The van der Waals surface area contributed by atoms with E-state index in [4.69, 9.17) is 4.98 Å². The van der Waals surface area contributed by atoms with E-state index in [2.05, 4.69) is 87.7 Å². The zero-order valence-corrected chi connectivity index (χ0v) is 18.2. The third-order valence-electron chi connectivity index (χ3n) is 6.40. The average Bonchev–Trinajstić information content (AvgIpc) is 2.69. The van der Waals surface area contributed by atoms with Crippen LogP contribution in [0.4, 0.5) is 11.4 Å². The van der Waals surface area contributed by atoms with Gasteiger partial charge in [0.2, 0.25) is 0 Å². The Morgan fingerprint density at radius 3 is 2.41 bits per heavy atom. The van der Waals surface area contributed by atoms with E-state index in [0.29, 0.717) is 5.92 Å². The highest BCUT2D eigenvalue weighted by molar-refractivity contribution is 6.13. The van der Waals surface area contributed by atoms with Crippen LogP contribution in [0.1, 0.15) is 30.5 Å². The van der Waals surface area contributed by atoms with Crippen molar-refractivity contribution in [3.63, 3.8) is 0 Å². The number of rotatable bonds is 2. The fourth-order valence-corrected chi connectivity index (χ4v) is 5.14. The Bertz CT molecular complexity index is 1300. The van der Waals surface area contributed by atoms with Crippen LogP contribution in [0.2, 0.25) is 0 Å². The van der Waals surface area contributed by atoms with Gasteiger partial charge in [-0.2, -0.15) is 0 Å². The maximum Gasteiger partial charge on any atom is 0.287 e. The molecule has 3 nitrogen and oxygen atoms in total. The summed E-state index contributed by atoms with van der Waals surface area (Å²) in [7, 11) is 4.33. The summed E-state index contributed by atoms with van der Waals surface area (Å²) >= 11 is 0. The first-order chi connectivity index (χ1) is 13.9. The molecule has 0 N–H and O–H groups in total. The normalized spacial score (nSPS) is 12.9. The van der Waals surface area contributed by atoms with Gasteiger partial charge in [0.05, 0.1) is 23.8 Å². The predicted octanol–water partition coefficient (Wildman–Crippen LogP) is 5.78. The van der Waals surface area contributed by atoms with Gasteiger partial charge in [-0.15, -0.1) is 0 Å². The van der Waals surface area contributed by atoms with E-state index in [1.54, 1.807) is 0 Å². The van der Waals surface area contributed by atoms with Crippen molar-refractivity contribution in [2.24, 2.45) is 13.0 Å². The number of fused-ring (bicyclic) bond motifs is 3. The quantitative estimate of drug-likeness (QED) is 0.410. The van der Waals surface area contributed by atoms with E-state index < -0.39 is 0 Å². The van der Waals surface area contributed by atoms with E-state index in [1.807, 2.05) is 6.33 Å². The molecule has 0 spiro atoms. The summed E-state index contributed by atoms with van der Waals surface area (Å²) in [5, 5.41) is 3.93. The Morgan fingerprint density at radius 2 is 1.72 bits per heavy atom. The maximum atomic E-state index is 4.81. The molecule has 1 aliphatic rings. The molecule has 0 bridgehead atoms. The molecular weight excluding hydrogens is 354 g/mol. The van der Waals surface area contributed by atoms with Gasteiger partial charge < -0.3 is 4.90 Å². The summed E-state index contributed by atoms with van der Waals surface area (Å²) < 4.78 is 2.20. The monoisotopic (exact) mass is 382 g/mol. The topological polar surface area (TPSA) is 20.0 Å². The van der Waals surface area contributed by atoms with Crippen LogP contribution in [0, 0.1) is 19.8 Å². The van der Waals surface area contributed by atoms with Crippen LogP contribution in [0.15, 0.2) is 42.7 Å². The minimum absolute atomic E-state index is 0.619. The van der Waals surface area contributed by atoms with Gasteiger partial charge in [-0.25, -0.2) is 4.57 Å². The Balaban J connectivity index is 1.96. The average molecular weight is 383 g/mol. The number of hydrogen-bond acceptors (Lipinski definition) is 2. The largest absolute Gasteiger partial charge is 0.343 e. The van der Waals surface area contributed by atoms with Gasteiger partial charge in [-0.1, -0.05) is 38.1 Å². The highest BCUT2D eigenvalue weighted by Crippen LogP contribution is 2.50. The first kappa shape index (κ1) is 18.1. The summed E-state index contributed by atoms with van der Waals surface area (Å²) in [4.78, 5) is 7.20. The molecule has 0 aliphatic carbocycles. The third kappa shape index (κ3) is 2.50. The molecule has 3 aromatic carbocycles. The first-order valence-corrected chi connectivity index (χ1v) is 10.5. The lowest BCUT2D eigenvalue weighted by molar-refractivity contribution is -0.662. The van der Waals surface area contributed by atoms with Gasteiger partial charge in [-0.3, -0.25) is 0 Å². The van der Waals surface area contributed by atoms with Crippen molar-refractivity contribution in [2.45, 2.75) is 34.1 Å². The van der Waals surface area contributed by atoms with E-state index in [-0.39, 0.29) is 0 Å². The van der Waals surface area contributed by atoms with Crippen molar-refractivity contribution in [1.29, 1.82) is 0 Å². The van der Waals surface area contributed by atoms with E-state index in [9.17, 15) is 0 Å². The minimum Gasteiger partial charge on any atom is -0.343 e.